The van der Waals surface area contributed by atoms with Crippen molar-refractivity contribution in [3.63, 3.8) is 0 Å². The third-order valence-electron chi connectivity index (χ3n) is 4.03. The molecular formula is C20H20N4O5. The minimum absolute atomic E-state index is 0.343. The van der Waals surface area contributed by atoms with Gasteiger partial charge in [0.15, 0.2) is 18.1 Å². The largest absolute Gasteiger partial charge is 0.493 e. The summed E-state index contributed by atoms with van der Waals surface area (Å²) < 4.78 is 11.4. The molecule has 150 valence electrons. The zero-order valence-electron chi connectivity index (χ0n) is 16.2. The van der Waals surface area contributed by atoms with Crippen molar-refractivity contribution >= 4 is 23.0 Å². The molecule has 3 aromatic rings. The molecule has 0 aliphatic heterocycles. The molecule has 0 radical (unpaired) electrons. The number of para-hydroxylation sites is 1. The molecule has 1 heterocycles. The lowest BCUT2D eigenvalue weighted by molar-refractivity contribution is -0.126. The van der Waals surface area contributed by atoms with E-state index in [0.717, 1.165) is 4.73 Å². The van der Waals surface area contributed by atoms with Crippen LogP contribution in [0.5, 0.6) is 11.5 Å². The molecule has 3 rings (SSSR count). The van der Waals surface area contributed by atoms with Crippen molar-refractivity contribution in [2.24, 2.45) is 5.10 Å². The maximum atomic E-state index is 12.5. The highest BCUT2D eigenvalue weighted by atomic mass is 16.7. The van der Waals surface area contributed by atoms with Crippen LogP contribution in [-0.4, -0.2) is 42.7 Å². The molecule has 0 bridgehead atoms. The average Bonchev–Trinajstić information content (AvgIpc) is 2.73. The third kappa shape index (κ3) is 4.52. The molecule has 0 aliphatic rings. The van der Waals surface area contributed by atoms with Gasteiger partial charge in [-0.3, -0.25) is 9.59 Å². The number of rotatable bonds is 7. The normalized spacial score (nSPS) is 10.9. The van der Waals surface area contributed by atoms with E-state index in [1.807, 2.05) is 0 Å². The van der Waals surface area contributed by atoms with E-state index in [-0.39, 0.29) is 5.56 Å². The molecule has 29 heavy (non-hydrogen) atoms. The van der Waals surface area contributed by atoms with Crippen molar-refractivity contribution in [2.45, 2.75) is 6.92 Å². The number of nitrogens with zero attached hydrogens (tertiary/aromatic N) is 3. The molecule has 0 unspecified atom stereocenters. The molecule has 1 N–H and O–H groups in total. The Balaban J connectivity index is 1.63. The quantitative estimate of drug-likeness (QED) is 0.477. The summed E-state index contributed by atoms with van der Waals surface area (Å²) in [5.41, 5.74) is 3.23. The number of aromatic nitrogens is 2. The maximum absolute atomic E-state index is 12.5. The van der Waals surface area contributed by atoms with Crippen LogP contribution in [0.15, 0.2) is 52.4 Å². The first-order valence-electron chi connectivity index (χ1n) is 8.69. The average molecular weight is 396 g/mol. The summed E-state index contributed by atoms with van der Waals surface area (Å²) in [6.45, 7) is 1.23. The van der Waals surface area contributed by atoms with Crippen molar-refractivity contribution in [3.8, 4) is 11.5 Å². The monoisotopic (exact) mass is 396 g/mol. The van der Waals surface area contributed by atoms with Crippen molar-refractivity contribution in [2.75, 3.05) is 20.8 Å². The molecule has 0 saturated carbocycles. The summed E-state index contributed by atoms with van der Waals surface area (Å²) >= 11 is 0. The van der Waals surface area contributed by atoms with Gasteiger partial charge in [-0.15, -0.1) is 4.73 Å². The van der Waals surface area contributed by atoms with Gasteiger partial charge in [-0.1, -0.05) is 12.1 Å². The number of hydrazone groups is 1. The molecule has 2 aromatic carbocycles. The van der Waals surface area contributed by atoms with E-state index in [4.69, 9.17) is 14.3 Å². The number of ether oxygens (including phenoxy) is 2. The molecule has 0 aliphatic carbocycles. The number of carbonyl (C=O) groups excluding carboxylic acids is 1. The lowest BCUT2D eigenvalue weighted by atomic mass is 10.2. The summed E-state index contributed by atoms with van der Waals surface area (Å²) in [6, 6.07) is 12.1. The van der Waals surface area contributed by atoms with Gasteiger partial charge in [0.1, 0.15) is 5.82 Å². The fourth-order valence-corrected chi connectivity index (χ4v) is 2.65. The van der Waals surface area contributed by atoms with Crippen LogP contribution in [-0.2, 0) is 4.79 Å². The zero-order chi connectivity index (χ0) is 20.8. The van der Waals surface area contributed by atoms with Crippen LogP contribution in [0.3, 0.4) is 0 Å². The summed E-state index contributed by atoms with van der Waals surface area (Å²) in [4.78, 5) is 34.1. The van der Waals surface area contributed by atoms with Crippen molar-refractivity contribution < 1.29 is 19.1 Å². The smallest absolute Gasteiger partial charge is 0.294 e. The standard InChI is InChI=1S/C20H20N4O5/c1-13-22-16-7-5-4-6-15(16)20(26)24(13)29-12-19(25)23-21-11-14-8-9-17(27-2)18(10-14)28-3/h4-11H,12H2,1-3H3,(H,23,25)/b21-11+. The second-order valence-corrected chi connectivity index (χ2v) is 5.96. The van der Waals surface area contributed by atoms with Crippen LogP contribution in [0.1, 0.15) is 11.4 Å². The number of methoxy groups -OCH3 is 2. The van der Waals surface area contributed by atoms with Gasteiger partial charge >= 0.3 is 0 Å². The highest BCUT2D eigenvalue weighted by molar-refractivity contribution is 5.83. The summed E-state index contributed by atoms with van der Waals surface area (Å²) in [5.74, 6) is 0.952. The highest BCUT2D eigenvalue weighted by Crippen LogP contribution is 2.26. The predicted molar refractivity (Wildman–Crippen MR) is 107 cm³/mol. The zero-order valence-corrected chi connectivity index (χ0v) is 16.2. The first-order chi connectivity index (χ1) is 14.0. The number of hydrogen-bond acceptors (Lipinski definition) is 7. The number of fused-ring (bicyclic) bond motifs is 1. The number of aryl methyl sites for hydroxylation is 1. The Bertz CT molecular complexity index is 1120. The molecule has 1 aromatic heterocycles. The lowest BCUT2D eigenvalue weighted by Crippen LogP contribution is -2.35. The molecule has 0 atom stereocenters. The molecule has 9 nitrogen and oxygen atoms in total. The van der Waals surface area contributed by atoms with Crippen molar-refractivity contribution in [1.29, 1.82) is 0 Å². The summed E-state index contributed by atoms with van der Waals surface area (Å²) in [5, 5.41) is 4.28. The Hall–Kier alpha value is -3.88. The predicted octanol–water partition coefficient (Wildman–Crippen LogP) is 1.30. The second kappa shape index (κ2) is 8.87. The SMILES string of the molecule is COc1ccc(/C=N/NC(=O)COn2c(C)nc3ccccc3c2=O)cc1OC. The molecule has 9 heteroatoms. The summed E-state index contributed by atoms with van der Waals surface area (Å²) in [6.07, 6.45) is 1.45. The van der Waals surface area contributed by atoms with Crippen LogP contribution in [0, 0.1) is 6.92 Å². The number of carbonyl (C=O) groups is 1. The van der Waals surface area contributed by atoms with Gasteiger partial charge in [0, 0.05) is 0 Å². The van der Waals surface area contributed by atoms with Crippen LogP contribution in [0.25, 0.3) is 10.9 Å². The van der Waals surface area contributed by atoms with Gasteiger partial charge in [0.25, 0.3) is 11.5 Å². The number of amides is 1. The van der Waals surface area contributed by atoms with Crippen molar-refractivity contribution in [1.82, 2.24) is 15.1 Å². The van der Waals surface area contributed by atoms with E-state index >= 15 is 0 Å². The Morgan fingerprint density at radius 1 is 1.17 bits per heavy atom. The van der Waals surface area contributed by atoms with Crippen LogP contribution in [0.4, 0.5) is 0 Å². The number of benzene rings is 2. The van der Waals surface area contributed by atoms with Gasteiger partial charge in [0.05, 0.1) is 31.3 Å². The van der Waals surface area contributed by atoms with Gasteiger partial charge < -0.3 is 14.3 Å². The second-order valence-electron chi connectivity index (χ2n) is 5.96. The minimum atomic E-state index is -0.527. The Morgan fingerprint density at radius 3 is 2.69 bits per heavy atom. The van der Waals surface area contributed by atoms with Gasteiger partial charge in [-0.25, -0.2) is 10.4 Å². The molecule has 1 amide bonds. The number of hydrogen-bond donors (Lipinski definition) is 1. The third-order valence-corrected chi connectivity index (χ3v) is 4.03. The van der Waals surface area contributed by atoms with E-state index in [2.05, 4.69) is 15.5 Å². The molecule has 0 saturated heterocycles. The molecule has 0 fully saturated rings. The van der Waals surface area contributed by atoms with Gasteiger partial charge in [0.2, 0.25) is 0 Å². The fourth-order valence-electron chi connectivity index (χ4n) is 2.65. The Labute approximate surface area is 166 Å². The molecular weight excluding hydrogens is 376 g/mol. The molecule has 0 spiro atoms. The fraction of sp³-hybridized carbons (Fsp3) is 0.200. The maximum Gasteiger partial charge on any atom is 0.294 e. The Morgan fingerprint density at radius 2 is 1.93 bits per heavy atom. The lowest BCUT2D eigenvalue weighted by Gasteiger charge is -2.11. The number of nitrogens with one attached hydrogen (secondary N) is 1. The minimum Gasteiger partial charge on any atom is -0.493 e. The topological polar surface area (TPSA) is 104 Å². The Kier molecular flexibility index (Phi) is 6.08. The van der Waals surface area contributed by atoms with Gasteiger partial charge in [-0.05, 0) is 42.8 Å². The van der Waals surface area contributed by atoms with E-state index in [1.165, 1.54) is 13.3 Å². The first kappa shape index (κ1) is 19.9. The highest BCUT2D eigenvalue weighted by Gasteiger charge is 2.10. The summed E-state index contributed by atoms with van der Waals surface area (Å²) in [7, 11) is 3.08. The van der Waals surface area contributed by atoms with Crippen LogP contribution < -0.4 is 25.3 Å². The van der Waals surface area contributed by atoms with E-state index in [9.17, 15) is 9.59 Å². The van der Waals surface area contributed by atoms with Crippen LogP contribution in [0.2, 0.25) is 0 Å². The van der Waals surface area contributed by atoms with E-state index in [0.29, 0.717) is 33.8 Å². The van der Waals surface area contributed by atoms with Gasteiger partial charge in [-0.2, -0.15) is 5.10 Å². The van der Waals surface area contributed by atoms with E-state index in [1.54, 1.807) is 56.5 Å². The first-order valence-corrected chi connectivity index (χ1v) is 8.69. The van der Waals surface area contributed by atoms with Crippen LogP contribution >= 0.6 is 0 Å². The van der Waals surface area contributed by atoms with E-state index < -0.39 is 12.5 Å². The van der Waals surface area contributed by atoms with Crippen molar-refractivity contribution in [3.05, 3.63) is 64.2 Å².